The van der Waals surface area contributed by atoms with E-state index in [4.69, 9.17) is 9.16 Å². The maximum Gasteiger partial charge on any atom is 0.307 e. The van der Waals surface area contributed by atoms with Crippen LogP contribution in [0.2, 0.25) is 5.04 Å². The van der Waals surface area contributed by atoms with E-state index in [-0.39, 0.29) is 29.6 Å². The van der Waals surface area contributed by atoms with Crippen molar-refractivity contribution >= 4 is 36.0 Å². The van der Waals surface area contributed by atoms with Crippen molar-refractivity contribution in [3.05, 3.63) is 60.7 Å². The van der Waals surface area contributed by atoms with Gasteiger partial charge in [-0.25, -0.2) is 0 Å². The molecule has 2 aromatic rings. The Labute approximate surface area is 233 Å². The fourth-order valence-corrected chi connectivity index (χ4v) is 12.0. The predicted octanol–water partition coefficient (Wildman–Crippen LogP) is 4.96. The van der Waals surface area contributed by atoms with Crippen molar-refractivity contribution < 1.29 is 18.5 Å². The normalized spacial score (nSPS) is 24.9. The zero-order valence-corrected chi connectivity index (χ0v) is 25.8. The number of benzene rings is 2. The van der Waals surface area contributed by atoms with Gasteiger partial charge in [-0.05, 0) is 73.7 Å². The quantitative estimate of drug-likeness (QED) is 0.255. The maximum absolute atomic E-state index is 13.0. The molecule has 0 aliphatic heterocycles. The molecule has 2 saturated carbocycles. The molecule has 2 aromatic carbocycles. The van der Waals surface area contributed by atoms with Crippen LogP contribution >= 0.6 is 0 Å². The summed E-state index contributed by atoms with van der Waals surface area (Å²) in [6.07, 6.45) is 2.38. The minimum atomic E-state index is -2.60. The minimum Gasteiger partial charge on any atom is -0.598 e. The number of ether oxygens (including phenoxy) is 1. The van der Waals surface area contributed by atoms with Crippen LogP contribution in [0.4, 0.5) is 0 Å². The Hall–Kier alpha value is -1.64. The minimum absolute atomic E-state index is 0.0561. The first kappa shape index (κ1) is 29.3. The summed E-state index contributed by atoms with van der Waals surface area (Å²) < 4.78 is 28.5. The fourth-order valence-electron chi connectivity index (χ4n) is 6.45. The molecule has 0 aromatic heterocycles. The van der Waals surface area contributed by atoms with E-state index in [0.29, 0.717) is 24.4 Å². The van der Waals surface area contributed by atoms with E-state index < -0.39 is 24.4 Å². The van der Waals surface area contributed by atoms with Gasteiger partial charge in [0.1, 0.15) is 4.75 Å². The monoisotopic (exact) mass is 555 g/mol. The molecule has 0 radical (unpaired) electrons. The van der Waals surface area contributed by atoms with Gasteiger partial charge >= 0.3 is 5.97 Å². The van der Waals surface area contributed by atoms with Crippen LogP contribution in [0.3, 0.4) is 0 Å². The van der Waals surface area contributed by atoms with Crippen molar-refractivity contribution in [1.29, 1.82) is 0 Å². The summed E-state index contributed by atoms with van der Waals surface area (Å²) in [5.74, 6) is 1.05. The topological polar surface area (TPSA) is 70.6 Å². The average molecular weight is 556 g/mol. The summed E-state index contributed by atoms with van der Waals surface area (Å²) in [6.45, 7) is 15.0. The number of hydrogen-bond donors (Lipinski definition) is 1. The SMILES string of the molecule is CCOC(=O)CC(N[S+]([O-])C(C)(C)C)[C@H]1[C@@H]2CC(O[Si](c3ccccc3)(c3ccccc3)C(C)(C)C)C[C@@H]21. The summed E-state index contributed by atoms with van der Waals surface area (Å²) in [5, 5.41) is 2.55. The molecule has 0 heterocycles. The summed E-state index contributed by atoms with van der Waals surface area (Å²) in [4.78, 5) is 12.4. The molecule has 5 nitrogen and oxygen atoms in total. The van der Waals surface area contributed by atoms with Crippen molar-refractivity contribution in [2.45, 2.75) is 89.7 Å². The highest BCUT2D eigenvalue weighted by molar-refractivity contribution is 7.90. The van der Waals surface area contributed by atoms with Gasteiger partial charge in [0.25, 0.3) is 8.32 Å². The van der Waals surface area contributed by atoms with Crippen molar-refractivity contribution in [2.75, 3.05) is 6.61 Å². The molecule has 0 amide bonds. The fraction of sp³-hybridized carbons (Fsp3) is 0.581. The number of carbonyl (C=O) groups excluding carboxylic acids is 1. The molecule has 2 aliphatic carbocycles. The molecule has 208 valence electrons. The predicted molar refractivity (Wildman–Crippen MR) is 158 cm³/mol. The highest BCUT2D eigenvalue weighted by Gasteiger charge is 2.62. The van der Waals surface area contributed by atoms with Gasteiger partial charge in [0.2, 0.25) is 0 Å². The third-order valence-corrected chi connectivity index (χ3v) is 14.9. The number of fused-ring (bicyclic) bond motifs is 1. The Bertz CT molecular complexity index is 1020. The first-order valence-corrected chi connectivity index (χ1v) is 17.1. The summed E-state index contributed by atoms with van der Waals surface area (Å²) in [6, 6.07) is 21.5. The molecule has 2 aliphatic rings. The maximum atomic E-state index is 13.0. The molecule has 0 bridgehead atoms. The van der Waals surface area contributed by atoms with Gasteiger partial charge in [0.15, 0.2) is 0 Å². The van der Waals surface area contributed by atoms with Crippen LogP contribution < -0.4 is 15.1 Å². The van der Waals surface area contributed by atoms with E-state index >= 15 is 0 Å². The summed E-state index contributed by atoms with van der Waals surface area (Å²) >= 11 is -1.24. The molecular weight excluding hydrogens is 510 g/mol. The summed E-state index contributed by atoms with van der Waals surface area (Å²) in [7, 11) is -2.60. The Morgan fingerprint density at radius 2 is 1.47 bits per heavy atom. The zero-order chi connectivity index (χ0) is 27.7. The zero-order valence-electron chi connectivity index (χ0n) is 24.0. The molecule has 7 heteroatoms. The average Bonchev–Trinajstić information content (AvgIpc) is 3.36. The molecule has 4 rings (SSSR count). The van der Waals surface area contributed by atoms with Crippen molar-refractivity contribution in [3.63, 3.8) is 0 Å². The molecule has 2 fully saturated rings. The lowest BCUT2D eigenvalue weighted by molar-refractivity contribution is -0.143. The number of hydrogen-bond acceptors (Lipinski definition) is 5. The van der Waals surface area contributed by atoms with Crippen LogP contribution in [0, 0.1) is 17.8 Å². The Morgan fingerprint density at radius 1 is 0.974 bits per heavy atom. The van der Waals surface area contributed by atoms with Gasteiger partial charge in [-0.3, -0.25) is 4.79 Å². The van der Waals surface area contributed by atoms with E-state index in [2.05, 4.69) is 86.2 Å². The number of nitrogens with one attached hydrogen (secondary N) is 1. The lowest BCUT2D eigenvalue weighted by Crippen LogP contribution is -2.67. The van der Waals surface area contributed by atoms with Crippen molar-refractivity contribution in [1.82, 2.24) is 4.72 Å². The van der Waals surface area contributed by atoms with E-state index in [1.54, 1.807) is 0 Å². The van der Waals surface area contributed by atoms with E-state index in [0.717, 1.165) is 12.8 Å². The second kappa shape index (κ2) is 11.5. The van der Waals surface area contributed by atoms with Gasteiger partial charge < -0.3 is 13.7 Å². The van der Waals surface area contributed by atoms with Crippen molar-refractivity contribution in [3.8, 4) is 0 Å². The van der Waals surface area contributed by atoms with Gasteiger partial charge in [-0.15, -0.1) is 4.72 Å². The van der Waals surface area contributed by atoms with Crippen molar-refractivity contribution in [2.24, 2.45) is 17.8 Å². The van der Waals surface area contributed by atoms with E-state index in [9.17, 15) is 9.35 Å². The summed E-state index contributed by atoms with van der Waals surface area (Å²) in [5.41, 5.74) is 0. The molecule has 0 saturated heterocycles. The third-order valence-electron chi connectivity index (χ3n) is 8.20. The molecule has 3 unspecified atom stereocenters. The van der Waals surface area contributed by atoms with Crippen LogP contribution in [0.25, 0.3) is 0 Å². The molecule has 38 heavy (non-hydrogen) atoms. The van der Waals surface area contributed by atoms with Crippen LogP contribution in [-0.4, -0.2) is 42.3 Å². The Balaban J connectivity index is 1.55. The standard InChI is InChI=1S/C31H45NO4SSi/c1-8-35-28(33)21-27(32-37(34)30(2,3)4)29-25-19-22(20-26(25)29)36-38(31(5,6)7,23-15-11-9-12-16-23)24-17-13-10-14-18-24/h9-18,22,25-27,29,32H,8,19-21H2,1-7H3/t22?,25-,26+,27?,29+,37?. The second-order valence-electron chi connectivity index (χ2n) is 12.9. The smallest absolute Gasteiger partial charge is 0.307 e. The van der Waals surface area contributed by atoms with Crippen LogP contribution in [0.5, 0.6) is 0 Å². The molecule has 1 N–H and O–H groups in total. The van der Waals surface area contributed by atoms with E-state index in [1.165, 1.54) is 10.4 Å². The first-order chi connectivity index (χ1) is 17.9. The van der Waals surface area contributed by atoms with Gasteiger partial charge in [0, 0.05) is 17.5 Å². The van der Waals surface area contributed by atoms with Crippen LogP contribution in [0.1, 0.15) is 67.7 Å². The van der Waals surface area contributed by atoms with Gasteiger partial charge in [0.05, 0.1) is 19.1 Å². The Morgan fingerprint density at radius 3 is 1.89 bits per heavy atom. The van der Waals surface area contributed by atoms with E-state index in [1.807, 2.05) is 27.7 Å². The molecule has 0 spiro atoms. The second-order valence-corrected chi connectivity index (χ2v) is 19.1. The van der Waals surface area contributed by atoms with Crippen LogP contribution in [-0.2, 0) is 25.3 Å². The number of rotatable bonds is 10. The van der Waals surface area contributed by atoms with Gasteiger partial charge in [-0.1, -0.05) is 81.4 Å². The molecule has 6 atom stereocenters. The third kappa shape index (κ3) is 6.07. The highest BCUT2D eigenvalue weighted by Crippen LogP contribution is 2.61. The largest absolute Gasteiger partial charge is 0.598 e. The lowest BCUT2D eigenvalue weighted by Gasteiger charge is -2.45. The van der Waals surface area contributed by atoms with Crippen LogP contribution in [0.15, 0.2) is 60.7 Å². The number of carbonyl (C=O) groups is 1. The number of esters is 1. The lowest BCUT2D eigenvalue weighted by atomic mass is 10.0. The first-order valence-electron chi connectivity index (χ1n) is 14.0. The molecular formula is C31H45NO4SSi. The van der Waals surface area contributed by atoms with Gasteiger partial charge in [-0.2, -0.15) is 0 Å². The Kier molecular flexibility index (Phi) is 8.85. The highest BCUT2D eigenvalue weighted by atomic mass is 32.2.